The predicted molar refractivity (Wildman–Crippen MR) is 71.0 cm³/mol. The minimum atomic E-state index is 0.340. The summed E-state index contributed by atoms with van der Waals surface area (Å²) in [5.41, 5.74) is 0. The van der Waals surface area contributed by atoms with Crippen molar-refractivity contribution >= 4 is 22.9 Å². The molecule has 0 aliphatic heterocycles. The Morgan fingerprint density at radius 3 is 2.94 bits per heavy atom. The summed E-state index contributed by atoms with van der Waals surface area (Å²) in [6.45, 7) is 3.35. The van der Waals surface area contributed by atoms with E-state index in [0.717, 1.165) is 4.88 Å². The van der Waals surface area contributed by atoms with Crippen LogP contribution in [0.25, 0.3) is 0 Å². The second-order valence-corrected chi connectivity index (χ2v) is 4.87. The Bertz CT molecular complexity index is 491. The number of aromatic nitrogens is 2. The third kappa shape index (κ3) is 3.94. The molecule has 0 bridgehead atoms. The smallest absolute Gasteiger partial charge is 0.218 e. The van der Waals surface area contributed by atoms with Crippen LogP contribution in [0, 0.1) is 0 Å². The van der Waals surface area contributed by atoms with E-state index in [-0.39, 0.29) is 0 Å². The van der Waals surface area contributed by atoms with Gasteiger partial charge in [0.25, 0.3) is 0 Å². The second kappa shape index (κ2) is 6.68. The molecule has 0 aliphatic carbocycles. The van der Waals surface area contributed by atoms with Gasteiger partial charge in [-0.05, 0) is 18.4 Å². The molecular formula is C12H13ClN2O2S. The highest BCUT2D eigenvalue weighted by Gasteiger charge is 2.05. The number of rotatable bonds is 6. The van der Waals surface area contributed by atoms with Crippen LogP contribution in [-0.4, -0.2) is 16.6 Å². The van der Waals surface area contributed by atoms with E-state index in [2.05, 4.69) is 9.97 Å². The number of halogens is 1. The van der Waals surface area contributed by atoms with Gasteiger partial charge in [-0.3, -0.25) is 0 Å². The van der Waals surface area contributed by atoms with Gasteiger partial charge < -0.3 is 9.47 Å². The molecule has 2 aromatic heterocycles. The number of hydrogen-bond acceptors (Lipinski definition) is 5. The van der Waals surface area contributed by atoms with E-state index in [0.29, 0.717) is 36.7 Å². The van der Waals surface area contributed by atoms with Gasteiger partial charge in [0.1, 0.15) is 18.4 Å². The zero-order valence-corrected chi connectivity index (χ0v) is 11.5. The fraction of sp³-hybridized carbons (Fsp3) is 0.333. The third-order valence-electron chi connectivity index (χ3n) is 2.10. The zero-order valence-electron chi connectivity index (χ0n) is 9.93. The normalized spacial score (nSPS) is 10.6. The first-order valence-electron chi connectivity index (χ1n) is 5.54. The van der Waals surface area contributed by atoms with E-state index in [1.807, 2.05) is 24.4 Å². The summed E-state index contributed by atoms with van der Waals surface area (Å²) in [6, 6.07) is 5.59. The van der Waals surface area contributed by atoms with Crippen LogP contribution in [0.5, 0.6) is 5.88 Å². The summed E-state index contributed by atoms with van der Waals surface area (Å²) in [6.07, 6.45) is 0. The minimum absolute atomic E-state index is 0.340. The van der Waals surface area contributed by atoms with E-state index in [4.69, 9.17) is 21.1 Å². The van der Waals surface area contributed by atoms with Crippen molar-refractivity contribution in [3.63, 3.8) is 0 Å². The van der Waals surface area contributed by atoms with Gasteiger partial charge in [-0.1, -0.05) is 17.7 Å². The molecular weight excluding hydrogens is 272 g/mol. The van der Waals surface area contributed by atoms with E-state index < -0.39 is 0 Å². The molecule has 0 atom stereocenters. The molecule has 0 aromatic carbocycles. The lowest BCUT2D eigenvalue weighted by molar-refractivity contribution is 0.127. The molecule has 0 aliphatic rings. The molecule has 4 nitrogen and oxygen atoms in total. The topological polar surface area (TPSA) is 44.2 Å². The highest BCUT2D eigenvalue weighted by Crippen LogP contribution is 2.17. The molecule has 2 aromatic rings. The van der Waals surface area contributed by atoms with Crippen LogP contribution in [0.4, 0.5) is 0 Å². The summed E-state index contributed by atoms with van der Waals surface area (Å²) in [7, 11) is 0. The van der Waals surface area contributed by atoms with Crippen molar-refractivity contribution in [1.29, 1.82) is 0 Å². The maximum absolute atomic E-state index is 5.91. The highest BCUT2D eigenvalue weighted by molar-refractivity contribution is 7.09. The van der Waals surface area contributed by atoms with Crippen LogP contribution in [0.15, 0.2) is 23.6 Å². The van der Waals surface area contributed by atoms with Crippen LogP contribution in [0.1, 0.15) is 17.6 Å². The molecule has 0 amide bonds. The maximum Gasteiger partial charge on any atom is 0.218 e. The van der Waals surface area contributed by atoms with Crippen LogP contribution in [-0.2, 0) is 18.0 Å². The van der Waals surface area contributed by atoms with Crippen LogP contribution >= 0.6 is 22.9 Å². The lowest BCUT2D eigenvalue weighted by Crippen LogP contribution is -2.02. The van der Waals surface area contributed by atoms with Crippen molar-refractivity contribution in [2.24, 2.45) is 0 Å². The first-order valence-corrected chi connectivity index (χ1v) is 6.80. The van der Waals surface area contributed by atoms with Gasteiger partial charge in [-0.25, -0.2) is 4.98 Å². The number of hydrogen-bond donors (Lipinski definition) is 0. The van der Waals surface area contributed by atoms with Crippen molar-refractivity contribution < 1.29 is 9.47 Å². The second-order valence-electron chi connectivity index (χ2n) is 3.45. The Morgan fingerprint density at radius 2 is 2.22 bits per heavy atom. The van der Waals surface area contributed by atoms with Gasteiger partial charge in [-0.2, -0.15) is 4.98 Å². The monoisotopic (exact) mass is 284 g/mol. The van der Waals surface area contributed by atoms with E-state index in [1.54, 1.807) is 17.4 Å². The zero-order chi connectivity index (χ0) is 12.8. The molecule has 0 fully saturated rings. The van der Waals surface area contributed by atoms with Gasteiger partial charge in [0, 0.05) is 17.6 Å². The number of ether oxygens (including phenoxy) is 2. The summed E-state index contributed by atoms with van der Waals surface area (Å²) in [5.74, 6) is 1.00. The standard InChI is InChI=1S/C12H13ClN2O2S/c1-2-16-8-11-14-10(13)6-12(15-11)17-7-9-4-3-5-18-9/h3-6H,2,7-8H2,1H3. The molecule has 0 spiro atoms. The molecule has 0 saturated carbocycles. The average molecular weight is 285 g/mol. The van der Waals surface area contributed by atoms with Crippen LogP contribution in [0.3, 0.4) is 0 Å². The van der Waals surface area contributed by atoms with Crippen molar-refractivity contribution in [3.8, 4) is 5.88 Å². The van der Waals surface area contributed by atoms with E-state index in [9.17, 15) is 0 Å². The molecule has 96 valence electrons. The SMILES string of the molecule is CCOCc1nc(Cl)cc(OCc2cccs2)n1. The fourth-order valence-electron chi connectivity index (χ4n) is 1.31. The summed E-state index contributed by atoms with van der Waals surface area (Å²) in [4.78, 5) is 9.44. The molecule has 2 rings (SSSR count). The minimum Gasteiger partial charge on any atom is -0.472 e. The molecule has 0 N–H and O–H groups in total. The van der Waals surface area contributed by atoms with Crippen molar-refractivity contribution in [1.82, 2.24) is 9.97 Å². The third-order valence-corrected chi connectivity index (χ3v) is 3.14. The Labute approximate surface area is 115 Å². The maximum atomic E-state index is 5.91. The van der Waals surface area contributed by atoms with Crippen LogP contribution < -0.4 is 4.74 Å². The Kier molecular flexibility index (Phi) is 4.92. The average Bonchev–Trinajstić information content (AvgIpc) is 2.86. The first kappa shape index (κ1) is 13.3. The largest absolute Gasteiger partial charge is 0.472 e. The summed E-state index contributed by atoms with van der Waals surface area (Å²) in [5, 5.41) is 2.37. The summed E-state index contributed by atoms with van der Waals surface area (Å²) < 4.78 is 10.8. The Balaban J connectivity index is 2.00. The summed E-state index contributed by atoms with van der Waals surface area (Å²) >= 11 is 7.54. The first-order chi connectivity index (χ1) is 8.78. The fourth-order valence-corrected chi connectivity index (χ4v) is 2.12. The number of nitrogens with zero attached hydrogens (tertiary/aromatic N) is 2. The quantitative estimate of drug-likeness (QED) is 0.764. The van der Waals surface area contributed by atoms with Crippen molar-refractivity contribution in [2.45, 2.75) is 20.1 Å². The Morgan fingerprint density at radius 1 is 1.33 bits per heavy atom. The van der Waals surface area contributed by atoms with Crippen molar-refractivity contribution in [2.75, 3.05) is 6.61 Å². The number of thiophene rings is 1. The van der Waals surface area contributed by atoms with Gasteiger partial charge in [0.2, 0.25) is 5.88 Å². The van der Waals surface area contributed by atoms with Crippen molar-refractivity contribution in [3.05, 3.63) is 39.4 Å². The van der Waals surface area contributed by atoms with Gasteiger partial charge in [-0.15, -0.1) is 11.3 Å². The van der Waals surface area contributed by atoms with Gasteiger partial charge in [0.05, 0.1) is 0 Å². The van der Waals surface area contributed by atoms with Gasteiger partial charge in [0.15, 0.2) is 5.82 Å². The molecule has 0 saturated heterocycles. The highest BCUT2D eigenvalue weighted by atomic mass is 35.5. The molecule has 2 heterocycles. The Hall–Kier alpha value is -1.17. The lowest BCUT2D eigenvalue weighted by Gasteiger charge is -2.06. The molecule has 18 heavy (non-hydrogen) atoms. The molecule has 6 heteroatoms. The molecule has 0 unspecified atom stereocenters. The van der Waals surface area contributed by atoms with E-state index >= 15 is 0 Å². The van der Waals surface area contributed by atoms with E-state index in [1.165, 1.54) is 0 Å². The lowest BCUT2D eigenvalue weighted by atomic mass is 10.5. The molecule has 0 radical (unpaired) electrons. The van der Waals surface area contributed by atoms with Gasteiger partial charge >= 0.3 is 0 Å². The predicted octanol–water partition coefficient (Wildman–Crippen LogP) is 3.31. The van der Waals surface area contributed by atoms with Crippen LogP contribution in [0.2, 0.25) is 5.15 Å².